The van der Waals surface area contributed by atoms with Gasteiger partial charge in [0, 0.05) is 93.2 Å². The fourth-order valence-electron chi connectivity index (χ4n) is 12.6. The van der Waals surface area contributed by atoms with Crippen LogP contribution in [0.2, 0.25) is 0 Å². The first-order chi connectivity index (χ1) is 37.2. The molecule has 4 aliphatic rings. The maximum Gasteiger partial charge on any atom is 0.261 e. The molecule has 0 saturated carbocycles. The van der Waals surface area contributed by atoms with Gasteiger partial charge in [-0.3, -0.25) is 58.0 Å². The minimum atomic E-state index is -0.315. The van der Waals surface area contributed by atoms with Gasteiger partial charge in [0.2, 0.25) is 0 Å². The van der Waals surface area contributed by atoms with E-state index in [2.05, 4.69) is 27.7 Å². The number of rotatable bonds is 9. The number of imide groups is 4. The van der Waals surface area contributed by atoms with Crippen LogP contribution in [0.4, 0.5) is 0 Å². The summed E-state index contributed by atoms with van der Waals surface area (Å²) in [6, 6.07) is 29.8. The van der Waals surface area contributed by atoms with Gasteiger partial charge in [-0.2, -0.15) is 0 Å². The van der Waals surface area contributed by atoms with Crippen molar-refractivity contribution in [1.82, 2.24) is 19.6 Å². The van der Waals surface area contributed by atoms with Crippen LogP contribution in [0, 0.1) is 5.92 Å². The summed E-state index contributed by atoms with van der Waals surface area (Å²) in [6.45, 7) is 11.4. The number of fused-ring (bicyclic) bond motifs is 4. The Labute approximate surface area is 443 Å². The van der Waals surface area contributed by atoms with Gasteiger partial charge in [-0.05, 0) is 126 Å². The Morgan fingerprint density at radius 2 is 0.558 bits per heavy atom. The number of amides is 8. The highest BCUT2D eigenvalue weighted by molar-refractivity contribution is 6.43. The Hall–Kier alpha value is -8.64. The zero-order valence-electron chi connectivity index (χ0n) is 44.2. The van der Waals surface area contributed by atoms with Gasteiger partial charge in [0.05, 0.1) is 0 Å². The first-order valence-electron chi connectivity index (χ1n) is 27.0. The third-order valence-corrected chi connectivity index (χ3v) is 16.7. The van der Waals surface area contributed by atoms with Crippen molar-refractivity contribution in [1.29, 1.82) is 0 Å². The Bertz CT molecular complexity index is 4080. The first-order valence-corrected chi connectivity index (χ1v) is 27.0. The molecule has 0 aromatic heterocycles. The molecule has 384 valence electrons. The SMILES string of the molecule is CCC(C)CN1C(=O)c2ccc3c4ccc5c6c(ccc(c7ccc(c2c37)C1=O)c64)C(=O)N(C)C5=O.CCCCC.CCCCCN1C(=O)c2ccc3c4ccc5c6c(ccc(c7ccc(c2c37)C1=O)c64)C(=O)N(C)C5=O. The lowest BCUT2D eigenvalue weighted by Crippen LogP contribution is -2.42. The number of carbonyl (C=O) groups excluding carboxylic acids is 8. The molecule has 0 fully saturated rings. The van der Waals surface area contributed by atoms with Crippen molar-refractivity contribution in [2.75, 3.05) is 27.2 Å². The zero-order chi connectivity index (χ0) is 54.0. The van der Waals surface area contributed by atoms with Crippen molar-refractivity contribution in [3.63, 3.8) is 0 Å². The molecule has 4 heterocycles. The van der Waals surface area contributed by atoms with E-state index in [1.807, 2.05) is 79.7 Å². The molecular formula is C65H56N4O8. The van der Waals surface area contributed by atoms with Crippen molar-refractivity contribution in [3.05, 3.63) is 142 Å². The van der Waals surface area contributed by atoms with E-state index < -0.39 is 0 Å². The van der Waals surface area contributed by atoms with Gasteiger partial charge in [-0.15, -0.1) is 0 Å². The molecule has 0 saturated heterocycles. The molecular weight excluding hydrogens is 965 g/mol. The van der Waals surface area contributed by atoms with Crippen LogP contribution in [-0.4, -0.2) is 94.0 Å². The summed E-state index contributed by atoms with van der Waals surface area (Å²) in [5.74, 6) is -2.06. The second-order valence-electron chi connectivity index (χ2n) is 21.2. The summed E-state index contributed by atoms with van der Waals surface area (Å²) in [5.41, 5.74) is 4.19. The highest BCUT2D eigenvalue weighted by Gasteiger charge is 2.38. The summed E-state index contributed by atoms with van der Waals surface area (Å²) in [7, 11) is 3.01. The lowest BCUT2D eigenvalue weighted by atomic mass is 9.82. The Kier molecular flexibility index (Phi) is 11.7. The van der Waals surface area contributed by atoms with Gasteiger partial charge in [0.25, 0.3) is 47.3 Å². The van der Waals surface area contributed by atoms with Gasteiger partial charge >= 0.3 is 0 Å². The number of hydrogen-bond donors (Lipinski definition) is 0. The molecule has 12 nitrogen and oxygen atoms in total. The molecule has 14 rings (SSSR count). The van der Waals surface area contributed by atoms with E-state index >= 15 is 0 Å². The van der Waals surface area contributed by atoms with E-state index in [1.54, 1.807) is 24.3 Å². The molecule has 0 spiro atoms. The van der Waals surface area contributed by atoms with Crippen LogP contribution in [0.15, 0.2) is 97.1 Å². The van der Waals surface area contributed by atoms with Crippen molar-refractivity contribution in [3.8, 4) is 0 Å². The number of unbranched alkanes of at least 4 members (excludes halogenated alkanes) is 4. The molecule has 1 atom stereocenters. The number of carbonyl (C=O) groups is 8. The van der Waals surface area contributed by atoms with Crippen LogP contribution >= 0.6 is 0 Å². The lowest BCUT2D eigenvalue weighted by Gasteiger charge is -2.30. The van der Waals surface area contributed by atoms with Crippen LogP contribution in [-0.2, 0) is 0 Å². The Balaban J connectivity index is 0.000000142. The van der Waals surface area contributed by atoms with Crippen LogP contribution in [0.3, 0.4) is 0 Å². The third kappa shape index (κ3) is 6.89. The van der Waals surface area contributed by atoms with Gasteiger partial charge in [0.1, 0.15) is 0 Å². The summed E-state index contributed by atoms with van der Waals surface area (Å²) < 4.78 is 0. The van der Waals surface area contributed by atoms with E-state index in [0.29, 0.717) is 79.1 Å². The van der Waals surface area contributed by atoms with E-state index in [1.165, 1.54) is 43.2 Å². The fraction of sp³-hybridized carbons (Fsp3) is 0.262. The van der Waals surface area contributed by atoms with Gasteiger partial charge in [-0.1, -0.05) is 122 Å². The van der Waals surface area contributed by atoms with Crippen molar-refractivity contribution in [2.45, 2.75) is 79.6 Å². The van der Waals surface area contributed by atoms with E-state index in [0.717, 1.165) is 100 Å². The molecule has 0 N–H and O–H groups in total. The van der Waals surface area contributed by atoms with E-state index in [4.69, 9.17) is 0 Å². The van der Waals surface area contributed by atoms with Crippen molar-refractivity contribution < 1.29 is 38.4 Å². The van der Waals surface area contributed by atoms with Crippen molar-refractivity contribution in [2.24, 2.45) is 5.92 Å². The quantitative estimate of drug-likeness (QED) is 0.0600. The normalized spacial score (nSPS) is 15.5. The Morgan fingerprint density at radius 3 is 0.792 bits per heavy atom. The van der Waals surface area contributed by atoms with Crippen LogP contribution in [0.25, 0.3) is 86.2 Å². The largest absolute Gasteiger partial charge is 0.277 e. The topological polar surface area (TPSA) is 150 Å². The number of benzene rings is 10. The molecule has 1 unspecified atom stereocenters. The maximum atomic E-state index is 13.5. The summed E-state index contributed by atoms with van der Waals surface area (Å²) in [5, 5.41) is 13.4. The molecule has 8 amide bonds. The van der Waals surface area contributed by atoms with Gasteiger partial charge in [-0.25, -0.2) is 0 Å². The average molecular weight is 1020 g/mol. The highest BCUT2D eigenvalue weighted by Crippen LogP contribution is 2.48. The number of hydrogen-bond acceptors (Lipinski definition) is 8. The van der Waals surface area contributed by atoms with Crippen LogP contribution in [0.5, 0.6) is 0 Å². The fourth-order valence-corrected chi connectivity index (χ4v) is 12.6. The summed E-state index contributed by atoms with van der Waals surface area (Å²) in [6.07, 6.45) is 7.71. The zero-order valence-corrected chi connectivity index (χ0v) is 44.2. The molecule has 10 aromatic carbocycles. The third-order valence-electron chi connectivity index (χ3n) is 16.7. The molecule has 77 heavy (non-hydrogen) atoms. The molecule has 0 bridgehead atoms. The molecule has 0 radical (unpaired) electrons. The number of nitrogens with zero attached hydrogens (tertiary/aromatic N) is 4. The smallest absolute Gasteiger partial charge is 0.261 e. The minimum Gasteiger partial charge on any atom is -0.277 e. The van der Waals surface area contributed by atoms with Crippen LogP contribution < -0.4 is 0 Å². The Morgan fingerprint density at radius 1 is 0.312 bits per heavy atom. The second kappa shape index (κ2) is 18.3. The first kappa shape index (κ1) is 49.2. The predicted octanol–water partition coefficient (Wildman–Crippen LogP) is 13.6. The highest BCUT2D eigenvalue weighted by atomic mass is 16.2. The van der Waals surface area contributed by atoms with Gasteiger partial charge in [0.15, 0.2) is 0 Å². The van der Waals surface area contributed by atoms with Crippen LogP contribution in [0.1, 0.15) is 162 Å². The van der Waals surface area contributed by atoms with Gasteiger partial charge < -0.3 is 0 Å². The molecule has 12 heteroatoms. The lowest BCUT2D eigenvalue weighted by molar-refractivity contribution is 0.0578. The average Bonchev–Trinajstić information content (AvgIpc) is 3.65. The summed E-state index contributed by atoms with van der Waals surface area (Å²) in [4.78, 5) is 111. The second-order valence-corrected chi connectivity index (χ2v) is 21.2. The molecule has 4 aliphatic heterocycles. The minimum absolute atomic E-state index is 0.211. The summed E-state index contributed by atoms with van der Waals surface area (Å²) >= 11 is 0. The molecule has 0 aliphatic carbocycles. The van der Waals surface area contributed by atoms with E-state index in [9.17, 15) is 38.4 Å². The standard InChI is InChI=1S/2C30H22N2O4.C5H12/c1-4-14(2)13-32-29(35)21-11-7-17-15-5-9-19-25-20(28(34)31(3)27(19)33)10-6-16(23(15)25)18-8-12-22(30(32)36)26(21)24(17)18;1-3-4-5-14-32-29(35)21-12-8-17-15-6-10-19-25-20(28(34)31(2)27(19)33)11-7-16(23(15)25)18-9-13-22(30(32)36)26(21)24(17)18;1-3-5-4-2/h5-12,14H,4,13H2,1-3H3;6-13H,3-5,14H2,1-2H3;3-5H2,1-2H3. The predicted molar refractivity (Wildman–Crippen MR) is 303 cm³/mol. The van der Waals surface area contributed by atoms with E-state index in [-0.39, 0.29) is 53.2 Å². The van der Waals surface area contributed by atoms with Crippen molar-refractivity contribution >= 4 is 133 Å². The monoisotopic (exact) mass is 1020 g/mol. The molecule has 10 aromatic rings. The maximum absolute atomic E-state index is 13.5.